The molecule has 0 bridgehead atoms. The van der Waals surface area contributed by atoms with Crippen LogP contribution in [0.4, 0.5) is 14.5 Å². The molecular formula is C15H16F2N2. The maximum atomic E-state index is 13.7. The van der Waals surface area contributed by atoms with E-state index < -0.39 is 11.6 Å². The molecule has 2 nitrogen and oxygen atoms in total. The van der Waals surface area contributed by atoms with Crippen LogP contribution in [0, 0.1) is 11.6 Å². The summed E-state index contributed by atoms with van der Waals surface area (Å²) in [6, 6.07) is 5.88. The molecule has 0 radical (unpaired) electrons. The predicted molar refractivity (Wildman–Crippen MR) is 73.0 cm³/mol. The molecule has 4 heteroatoms. The topological polar surface area (TPSA) is 24.9 Å². The van der Waals surface area contributed by atoms with E-state index in [1.165, 1.54) is 18.3 Å². The third-order valence-corrected chi connectivity index (χ3v) is 2.52. The minimum Gasteiger partial charge on any atom is -0.379 e. The van der Waals surface area contributed by atoms with Crippen LogP contribution in [0.15, 0.2) is 36.7 Å². The highest BCUT2D eigenvalue weighted by Crippen LogP contribution is 2.26. The molecule has 0 aliphatic rings. The SMILES string of the molecule is CC(C)(C)Nc1cncc(-c2cccc(F)c2F)c1. The van der Waals surface area contributed by atoms with Gasteiger partial charge in [0.1, 0.15) is 0 Å². The second-order valence-electron chi connectivity index (χ2n) is 5.44. The smallest absolute Gasteiger partial charge is 0.166 e. The lowest BCUT2D eigenvalue weighted by Gasteiger charge is -2.22. The van der Waals surface area contributed by atoms with Crippen LogP contribution in [0.3, 0.4) is 0 Å². The van der Waals surface area contributed by atoms with Crippen molar-refractivity contribution in [1.82, 2.24) is 4.98 Å². The summed E-state index contributed by atoms with van der Waals surface area (Å²) in [6.45, 7) is 6.05. The molecule has 2 aromatic rings. The summed E-state index contributed by atoms with van der Waals surface area (Å²) in [5.41, 5.74) is 1.41. The zero-order valence-electron chi connectivity index (χ0n) is 11.2. The van der Waals surface area contributed by atoms with Gasteiger partial charge >= 0.3 is 0 Å². The molecule has 1 heterocycles. The van der Waals surface area contributed by atoms with Gasteiger partial charge in [-0.3, -0.25) is 4.98 Å². The molecule has 19 heavy (non-hydrogen) atoms. The average Bonchev–Trinajstić information content (AvgIpc) is 2.31. The van der Waals surface area contributed by atoms with Gasteiger partial charge in [0, 0.05) is 29.1 Å². The molecule has 0 aliphatic carbocycles. The van der Waals surface area contributed by atoms with Crippen molar-refractivity contribution in [3.8, 4) is 11.1 Å². The summed E-state index contributed by atoms with van der Waals surface area (Å²) in [5.74, 6) is -1.70. The number of aromatic nitrogens is 1. The van der Waals surface area contributed by atoms with Crippen molar-refractivity contribution >= 4 is 5.69 Å². The first-order chi connectivity index (χ1) is 8.87. The van der Waals surface area contributed by atoms with Crippen molar-refractivity contribution in [2.45, 2.75) is 26.3 Å². The highest BCUT2D eigenvalue weighted by molar-refractivity contribution is 5.67. The molecule has 0 fully saturated rings. The van der Waals surface area contributed by atoms with Crippen LogP contribution in [0.1, 0.15) is 20.8 Å². The Morgan fingerprint density at radius 3 is 2.53 bits per heavy atom. The minimum absolute atomic E-state index is 0.124. The molecule has 0 saturated heterocycles. The van der Waals surface area contributed by atoms with Crippen LogP contribution in [0.2, 0.25) is 0 Å². The molecule has 0 amide bonds. The van der Waals surface area contributed by atoms with Gasteiger partial charge in [-0.25, -0.2) is 8.78 Å². The van der Waals surface area contributed by atoms with Crippen LogP contribution >= 0.6 is 0 Å². The van der Waals surface area contributed by atoms with E-state index >= 15 is 0 Å². The normalized spacial score (nSPS) is 11.4. The molecule has 0 aliphatic heterocycles. The zero-order valence-corrected chi connectivity index (χ0v) is 11.2. The van der Waals surface area contributed by atoms with Crippen LogP contribution < -0.4 is 5.32 Å². The first-order valence-electron chi connectivity index (χ1n) is 6.04. The van der Waals surface area contributed by atoms with Gasteiger partial charge in [-0.1, -0.05) is 12.1 Å². The largest absolute Gasteiger partial charge is 0.379 e. The highest BCUT2D eigenvalue weighted by Gasteiger charge is 2.13. The van der Waals surface area contributed by atoms with E-state index in [2.05, 4.69) is 10.3 Å². The van der Waals surface area contributed by atoms with Crippen LogP contribution in [-0.2, 0) is 0 Å². The summed E-state index contributed by atoms with van der Waals surface area (Å²) >= 11 is 0. The standard InChI is InChI=1S/C15H16F2N2/c1-15(2,3)19-11-7-10(8-18-9-11)12-5-4-6-13(16)14(12)17/h4-9,19H,1-3H3. The summed E-state index contributed by atoms with van der Waals surface area (Å²) in [4.78, 5) is 4.06. The fourth-order valence-corrected chi connectivity index (χ4v) is 1.82. The van der Waals surface area contributed by atoms with E-state index in [1.54, 1.807) is 12.3 Å². The van der Waals surface area contributed by atoms with Crippen LogP contribution in [0.5, 0.6) is 0 Å². The molecule has 2 rings (SSSR count). The minimum atomic E-state index is -0.855. The number of rotatable bonds is 2. The van der Waals surface area contributed by atoms with Gasteiger partial charge in [-0.05, 0) is 32.9 Å². The maximum Gasteiger partial charge on any atom is 0.166 e. The Labute approximate surface area is 111 Å². The Kier molecular flexibility index (Phi) is 3.51. The Morgan fingerprint density at radius 2 is 1.84 bits per heavy atom. The van der Waals surface area contributed by atoms with Gasteiger partial charge in [0.2, 0.25) is 0 Å². The molecule has 1 aromatic carbocycles. The number of nitrogens with zero attached hydrogens (tertiary/aromatic N) is 1. The summed E-state index contributed by atoms with van der Waals surface area (Å²) in [5, 5.41) is 3.25. The van der Waals surface area contributed by atoms with Gasteiger partial charge < -0.3 is 5.32 Å². The van der Waals surface area contributed by atoms with Gasteiger partial charge in [0.25, 0.3) is 0 Å². The predicted octanol–water partition coefficient (Wildman–Crippen LogP) is 4.24. The Bertz CT molecular complexity index is 589. The van der Waals surface area contributed by atoms with Crippen molar-refractivity contribution in [3.63, 3.8) is 0 Å². The molecule has 0 saturated carbocycles. The van der Waals surface area contributed by atoms with Crippen molar-refractivity contribution in [3.05, 3.63) is 48.3 Å². The first kappa shape index (κ1) is 13.5. The number of hydrogen-bond donors (Lipinski definition) is 1. The Balaban J connectivity index is 2.41. The first-order valence-corrected chi connectivity index (χ1v) is 6.04. The van der Waals surface area contributed by atoms with E-state index in [9.17, 15) is 8.78 Å². The molecule has 1 aromatic heterocycles. The van der Waals surface area contributed by atoms with Gasteiger partial charge in [-0.2, -0.15) is 0 Å². The molecule has 1 N–H and O–H groups in total. The van der Waals surface area contributed by atoms with E-state index in [0.29, 0.717) is 5.56 Å². The number of halogens is 2. The van der Waals surface area contributed by atoms with Crippen molar-refractivity contribution in [2.75, 3.05) is 5.32 Å². The third-order valence-electron chi connectivity index (χ3n) is 2.52. The van der Waals surface area contributed by atoms with Gasteiger partial charge in [0.05, 0.1) is 5.69 Å². The Morgan fingerprint density at radius 1 is 1.11 bits per heavy atom. The lowest BCUT2D eigenvalue weighted by atomic mass is 10.1. The second kappa shape index (κ2) is 4.96. The average molecular weight is 262 g/mol. The quantitative estimate of drug-likeness (QED) is 0.875. The van der Waals surface area contributed by atoms with E-state index in [4.69, 9.17) is 0 Å². The number of benzene rings is 1. The van der Waals surface area contributed by atoms with E-state index in [0.717, 1.165) is 11.8 Å². The van der Waals surface area contributed by atoms with Gasteiger partial charge in [-0.15, -0.1) is 0 Å². The monoisotopic (exact) mass is 262 g/mol. The van der Waals surface area contributed by atoms with Crippen molar-refractivity contribution in [2.24, 2.45) is 0 Å². The summed E-state index contributed by atoms with van der Waals surface area (Å²) < 4.78 is 27.0. The molecule has 0 atom stereocenters. The number of anilines is 1. The van der Waals surface area contributed by atoms with E-state index in [1.807, 2.05) is 20.8 Å². The number of hydrogen-bond acceptors (Lipinski definition) is 2. The van der Waals surface area contributed by atoms with Crippen LogP contribution in [0.25, 0.3) is 11.1 Å². The second-order valence-corrected chi connectivity index (χ2v) is 5.44. The molecule has 100 valence electrons. The van der Waals surface area contributed by atoms with Crippen molar-refractivity contribution < 1.29 is 8.78 Å². The fourth-order valence-electron chi connectivity index (χ4n) is 1.82. The maximum absolute atomic E-state index is 13.7. The lowest BCUT2D eigenvalue weighted by Crippen LogP contribution is -2.26. The fraction of sp³-hybridized carbons (Fsp3) is 0.267. The summed E-state index contributed by atoms with van der Waals surface area (Å²) in [7, 11) is 0. The number of pyridine rings is 1. The van der Waals surface area contributed by atoms with E-state index in [-0.39, 0.29) is 11.1 Å². The lowest BCUT2D eigenvalue weighted by molar-refractivity contribution is 0.511. The molecule has 0 spiro atoms. The number of nitrogens with one attached hydrogen (secondary N) is 1. The third kappa shape index (κ3) is 3.28. The Hall–Kier alpha value is -1.97. The summed E-state index contributed by atoms with van der Waals surface area (Å²) in [6.07, 6.45) is 3.18. The molecule has 0 unspecified atom stereocenters. The van der Waals surface area contributed by atoms with Crippen molar-refractivity contribution in [1.29, 1.82) is 0 Å². The van der Waals surface area contributed by atoms with Crippen LogP contribution in [-0.4, -0.2) is 10.5 Å². The highest BCUT2D eigenvalue weighted by atomic mass is 19.2. The zero-order chi connectivity index (χ0) is 14.0. The molecular weight excluding hydrogens is 246 g/mol. The van der Waals surface area contributed by atoms with Gasteiger partial charge in [0.15, 0.2) is 11.6 Å².